The number of amides is 4. The Hall–Kier alpha value is -3.86. The zero-order valence-electron chi connectivity index (χ0n) is 12.0. The maximum atomic E-state index is 12.3. The average molecular weight is 320 g/mol. The second kappa shape index (κ2) is 6.10. The highest BCUT2D eigenvalue weighted by Gasteiger charge is 2.45. The van der Waals surface area contributed by atoms with Crippen LogP contribution in [-0.4, -0.2) is 24.2 Å². The zero-order chi connectivity index (χ0) is 17.1. The summed E-state index contributed by atoms with van der Waals surface area (Å²) in [5.41, 5.74) is 1.15. The normalized spacial score (nSPS) is 13.0. The van der Waals surface area contributed by atoms with Crippen LogP contribution in [0.4, 0.5) is 32.3 Å². The second-order valence-electron chi connectivity index (χ2n) is 4.68. The van der Waals surface area contributed by atoms with Crippen LogP contribution in [0.15, 0.2) is 58.5 Å². The summed E-state index contributed by atoms with van der Waals surface area (Å²) >= 11 is 0. The molecule has 1 fully saturated rings. The van der Waals surface area contributed by atoms with E-state index in [2.05, 4.69) is 9.98 Å². The van der Waals surface area contributed by atoms with Gasteiger partial charge in [-0.05, 0) is 36.4 Å². The minimum Gasteiger partial charge on any atom is -0.246 e. The number of urea groups is 2. The van der Waals surface area contributed by atoms with Gasteiger partial charge in [0, 0.05) is 0 Å². The van der Waals surface area contributed by atoms with E-state index in [0.29, 0.717) is 11.4 Å². The van der Waals surface area contributed by atoms with Crippen molar-refractivity contribution >= 4 is 47.0 Å². The van der Waals surface area contributed by atoms with Gasteiger partial charge < -0.3 is 0 Å². The molecule has 3 rings (SSSR count). The van der Waals surface area contributed by atoms with Gasteiger partial charge in [0.05, 0.1) is 22.7 Å². The van der Waals surface area contributed by atoms with Crippen LogP contribution in [-0.2, 0) is 9.59 Å². The third-order valence-corrected chi connectivity index (χ3v) is 3.29. The van der Waals surface area contributed by atoms with Crippen molar-refractivity contribution in [3.63, 3.8) is 0 Å². The third kappa shape index (κ3) is 2.50. The first kappa shape index (κ1) is 15.1. The number of hydrogen-bond acceptors (Lipinski definition) is 6. The predicted molar refractivity (Wildman–Crippen MR) is 84.2 cm³/mol. The Balaban J connectivity index is 1.90. The number of nitrogens with zero attached hydrogens (tertiary/aromatic N) is 4. The third-order valence-electron chi connectivity index (χ3n) is 3.29. The first-order valence-corrected chi connectivity index (χ1v) is 6.70. The molecule has 0 radical (unpaired) electrons. The monoisotopic (exact) mass is 320 g/mol. The Labute approximate surface area is 135 Å². The Morgan fingerprint density at radius 1 is 0.708 bits per heavy atom. The fourth-order valence-electron chi connectivity index (χ4n) is 2.27. The molecule has 0 bridgehead atoms. The molecule has 1 aliphatic rings. The van der Waals surface area contributed by atoms with Crippen LogP contribution in [0.3, 0.4) is 0 Å². The van der Waals surface area contributed by atoms with E-state index in [1.807, 2.05) is 0 Å². The number of benzene rings is 2. The fraction of sp³-hybridized carbons (Fsp3) is 0. The minimum absolute atomic E-state index is 0.281. The van der Waals surface area contributed by atoms with Crippen LogP contribution in [0.1, 0.15) is 0 Å². The van der Waals surface area contributed by atoms with Gasteiger partial charge in [0.2, 0.25) is 12.2 Å². The van der Waals surface area contributed by atoms with Crippen molar-refractivity contribution in [3.8, 4) is 0 Å². The van der Waals surface area contributed by atoms with E-state index >= 15 is 0 Å². The number of aliphatic imine (C=N–C) groups is 2. The van der Waals surface area contributed by atoms with E-state index in [1.165, 1.54) is 24.3 Å². The minimum atomic E-state index is -0.570. The molecule has 1 heterocycles. The molecule has 116 valence electrons. The van der Waals surface area contributed by atoms with Gasteiger partial charge in [-0.25, -0.2) is 29.0 Å². The van der Waals surface area contributed by atoms with Gasteiger partial charge in [0.15, 0.2) is 0 Å². The first-order valence-electron chi connectivity index (χ1n) is 6.70. The molecule has 0 aromatic heterocycles. The highest BCUT2D eigenvalue weighted by Crippen LogP contribution is 2.33. The van der Waals surface area contributed by atoms with E-state index in [-0.39, 0.29) is 11.4 Å². The van der Waals surface area contributed by atoms with Gasteiger partial charge in [0.25, 0.3) is 0 Å². The molecule has 0 aliphatic carbocycles. The van der Waals surface area contributed by atoms with Gasteiger partial charge in [-0.15, -0.1) is 0 Å². The van der Waals surface area contributed by atoms with Crippen molar-refractivity contribution in [1.82, 2.24) is 0 Å². The summed E-state index contributed by atoms with van der Waals surface area (Å²) in [5.74, 6) is 0. The summed E-state index contributed by atoms with van der Waals surface area (Å²) in [6.07, 6.45) is 2.79. The highest BCUT2D eigenvalue weighted by molar-refractivity contribution is 6.41. The Kier molecular flexibility index (Phi) is 3.82. The Bertz CT molecular complexity index is 853. The maximum Gasteiger partial charge on any atom is 0.345 e. The van der Waals surface area contributed by atoms with E-state index in [1.54, 1.807) is 36.4 Å². The Morgan fingerprint density at radius 2 is 1.12 bits per heavy atom. The van der Waals surface area contributed by atoms with Crippen molar-refractivity contribution in [2.45, 2.75) is 0 Å². The summed E-state index contributed by atoms with van der Waals surface area (Å²) in [7, 11) is 0. The van der Waals surface area contributed by atoms with E-state index in [4.69, 9.17) is 0 Å². The molecule has 2 aromatic carbocycles. The van der Waals surface area contributed by atoms with E-state index in [0.717, 1.165) is 9.80 Å². The summed E-state index contributed by atoms with van der Waals surface area (Å²) in [5, 5.41) is 0. The molecule has 0 spiro atoms. The summed E-state index contributed by atoms with van der Waals surface area (Å²) in [6, 6.07) is 11.0. The molecule has 8 nitrogen and oxygen atoms in total. The molecule has 0 saturated carbocycles. The molecular formula is C16H8N4O4. The number of anilines is 2. The molecule has 2 aromatic rings. The molecule has 24 heavy (non-hydrogen) atoms. The van der Waals surface area contributed by atoms with Gasteiger partial charge in [0.1, 0.15) is 0 Å². The molecule has 0 unspecified atom stereocenters. The highest BCUT2D eigenvalue weighted by atomic mass is 16.2. The summed E-state index contributed by atoms with van der Waals surface area (Å²) in [6.45, 7) is 0. The standard InChI is InChI=1S/C16H8N4O4/c21-9-17-11-3-1-5-13(7-11)19-15(23)20(16(19)24)14-6-2-4-12(8-14)18-10-22/h1-8H. The molecule has 1 aliphatic heterocycles. The van der Waals surface area contributed by atoms with Crippen LogP contribution in [0, 0.1) is 0 Å². The lowest BCUT2D eigenvalue weighted by molar-refractivity contribution is 0.226. The maximum absolute atomic E-state index is 12.3. The molecule has 1 saturated heterocycles. The van der Waals surface area contributed by atoms with Crippen LogP contribution >= 0.6 is 0 Å². The fourth-order valence-corrected chi connectivity index (χ4v) is 2.27. The average Bonchev–Trinajstić information content (AvgIpc) is 2.56. The first-order chi connectivity index (χ1) is 11.7. The van der Waals surface area contributed by atoms with Crippen LogP contribution in [0.25, 0.3) is 0 Å². The van der Waals surface area contributed by atoms with Gasteiger partial charge in [-0.2, -0.15) is 9.98 Å². The lowest BCUT2D eigenvalue weighted by Gasteiger charge is -2.38. The van der Waals surface area contributed by atoms with Crippen molar-refractivity contribution < 1.29 is 19.2 Å². The van der Waals surface area contributed by atoms with Crippen molar-refractivity contribution in [3.05, 3.63) is 48.5 Å². The quantitative estimate of drug-likeness (QED) is 0.638. The number of carbonyl (C=O) groups is 2. The Morgan fingerprint density at radius 3 is 1.50 bits per heavy atom. The van der Waals surface area contributed by atoms with E-state index < -0.39 is 12.1 Å². The largest absolute Gasteiger partial charge is 0.345 e. The van der Waals surface area contributed by atoms with Gasteiger partial charge in [-0.3, -0.25) is 0 Å². The van der Waals surface area contributed by atoms with Gasteiger partial charge >= 0.3 is 12.1 Å². The molecule has 0 N–H and O–H groups in total. The van der Waals surface area contributed by atoms with Crippen LogP contribution in [0.5, 0.6) is 0 Å². The van der Waals surface area contributed by atoms with Crippen molar-refractivity contribution in [1.29, 1.82) is 0 Å². The number of hydrogen-bond donors (Lipinski definition) is 0. The van der Waals surface area contributed by atoms with Gasteiger partial charge in [-0.1, -0.05) is 12.1 Å². The topological polar surface area (TPSA) is 99.5 Å². The van der Waals surface area contributed by atoms with Crippen molar-refractivity contribution in [2.75, 3.05) is 9.80 Å². The predicted octanol–water partition coefficient (Wildman–Crippen LogP) is 3.19. The lowest BCUT2D eigenvalue weighted by Crippen LogP contribution is -2.64. The smallest absolute Gasteiger partial charge is 0.246 e. The number of rotatable bonds is 4. The molecular weight excluding hydrogens is 312 g/mol. The van der Waals surface area contributed by atoms with Crippen LogP contribution < -0.4 is 9.80 Å². The molecule has 4 amide bonds. The summed E-state index contributed by atoms with van der Waals surface area (Å²) < 4.78 is 0. The molecule has 8 heteroatoms. The van der Waals surface area contributed by atoms with Crippen molar-refractivity contribution in [2.24, 2.45) is 9.98 Å². The second-order valence-corrected chi connectivity index (χ2v) is 4.68. The number of imide groups is 2. The number of isocyanates is 2. The SMILES string of the molecule is O=C=Nc1cccc(N2C(=O)N(c3cccc(N=C=O)c3)C2=O)c1. The molecule has 0 atom stereocenters. The number of carbonyl (C=O) groups excluding carboxylic acids is 4. The lowest BCUT2D eigenvalue weighted by atomic mass is 10.2. The van der Waals surface area contributed by atoms with E-state index in [9.17, 15) is 19.2 Å². The summed E-state index contributed by atoms with van der Waals surface area (Å²) in [4.78, 5) is 54.1. The zero-order valence-corrected chi connectivity index (χ0v) is 12.0. The van der Waals surface area contributed by atoms with Crippen LogP contribution in [0.2, 0.25) is 0 Å².